The number of alkyl halides is 3. The summed E-state index contributed by atoms with van der Waals surface area (Å²) in [6.45, 7) is -0.430. The largest absolute Gasteiger partial charge is 0.416 e. The van der Waals surface area contributed by atoms with Gasteiger partial charge in [0.2, 0.25) is 0 Å². The Kier molecular flexibility index (Phi) is 7.73. The predicted octanol–water partition coefficient (Wildman–Crippen LogP) is 2.95. The third kappa shape index (κ3) is 6.08. The molecule has 1 aliphatic rings. The molecule has 180 valence electrons. The minimum absolute atomic E-state index is 0.145. The van der Waals surface area contributed by atoms with Crippen LogP contribution in [0.15, 0.2) is 48.5 Å². The number of aliphatic hydroxyl groups excluding tert-OH is 2. The number of hydrogen-bond acceptors (Lipinski definition) is 5. The maximum absolute atomic E-state index is 13.5. The summed E-state index contributed by atoms with van der Waals surface area (Å²) in [5.74, 6) is -1.05. The summed E-state index contributed by atoms with van der Waals surface area (Å²) in [7, 11) is 1.38. The standard InChI is InChI=1S/C23H25F4NO5/c1-28-21(31)22(33-13-15-5-3-7-17(24)9-15)10-18(29)20(30)19(11-22)32-12-14-4-2-6-16(8-14)23(25,26)27/h2-9,18-20,29-30H,10-13H2,1H3,(H,28,31)/t18-,19?,20-,22+/m1/s1. The van der Waals surface area contributed by atoms with Gasteiger partial charge in [-0.25, -0.2) is 4.39 Å². The van der Waals surface area contributed by atoms with Crippen molar-refractivity contribution in [3.05, 3.63) is 71.0 Å². The SMILES string of the molecule is CNC(=O)[C@@]1(OCc2cccc(F)c2)CC(OCc2cccc(C(F)(F)F)c2)[C@H](O)[C@H](O)C1. The highest BCUT2D eigenvalue weighted by Gasteiger charge is 2.51. The van der Waals surface area contributed by atoms with Crippen molar-refractivity contribution in [3.63, 3.8) is 0 Å². The maximum atomic E-state index is 13.5. The number of benzene rings is 2. The Bertz CT molecular complexity index is 970. The van der Waals surface area contributed by atoms with Crippen LogP contribution in [0.1, 0.15) is 29.5 Å². The van der Waals surface area contributed by atoms with Crippen molar-refractivity contribution in [2.75, 3.05) is 7.05 Å². The Balaban J connectivity index is 1.77. The molecule has 0 radical (unpaired) electrons. The Labute approximate surface area is 188 Å². The van der Waals surface area contributed by atoms with Crippen molar-refractivity contribution in [1.82, 2.24) is 5.32 Å². The fraction of sp³-hybridized carbons (Fsp3) is 0.435. The highest BCUT2D eigenvalue weighted by molar-refractivity contribution is 5.85. The van der Waals surface area contributed by atoms with Crippen molar-refractivity contribution in [2.24, 2.45) is 0 Å². The van der Waals surface area contributed by atoms with E-state index in [0.29, 0.717) is 5.56 Å². The van der Waals surface area contributed by atoms with Gasteiger partial charge in [-0.05, 0) is 35.4 Å². The van der Waals surface area contributed by atoms with Crippen LogP contribution in [0, 0.1) is 5.82 Å². The van der Waals surface area contributed by atoms with Crippen LogP contribution in [-0.2, 0) is 33.7 Å². The lowest BCUT2D eigenvalue weighted by Crippen LogP contribution is -2.60. The molecule has 1 fully saturated rings. The zero-order valence-electron chi connectivity index (χ0n) is 17.8. The molecule has 3 N–H and O–H groups in total. The number of halogens is 4. The predicted molar refractivity (Wildman–Crippen MR) is 109 cm³/mol. The number of ether oxygens (including phenoxy) is 2. The lowest BCUT2D eigenvalue weighted by molar-refractivity contribution is -0.199. The van der Waals surface area contributed by atoms with Gasteiger partial charge in [0.05, 0.1) is 31.0 Å². The van der Waals surface area contributed by atoms with Gasteiger partial charge < -0.3 is 25.0 Å². The van der Waals surface area contributed by atoms with E-state index in [1.54, 1.807) is 6.07 Å². The Hall–Kier alpha value is -2.53. The molecule has 0 aliphatic heterocycles. The summed E-state index contributed by atoms with van der Waals surface area (Å²) in [6, 6.07) is 10.1. The van der Waals surface area contributed by atoms with Crippen molar-refractivity contribution in [3.8, 4) is 0 Å². The highest BCUT2D eigenvalue weighted by atomic mass is 19.4. The fourth-order valence-corrected chi connectivity index (χ4v) is 3.88. The molecular formula is C23H25F4NO5. The summed E-state index contributed by atoms with van der Waals surface area (Å²) >= 11 is 0. The molecule has 1 amide bonds. The van der Waals surface area contributed by atoms with E-state index in [1.807, 2.05) is 0 Å². The second kappa shape index (κ2) is 10.2. The monoisotopic (exact) mass is 471 g/mol. The third-order valence-corrected chi connectivity index (χ3v) is 5.61. The first-order chi connectivity index (χ1) is 15.5. The number of rotatable bonds is 7. The van der Waals surface area contributed by atoms with Crippen LogP contribution < -0.4 is 5.32 Å². The Morgan fingerprint density at radius 2 is 1.76 bits per heavy atom. The van der Waals surface area contributed by atoms with Gasteiger partial charge in [0.1, 0.15) is 11.9 Å². The number of amides is 1. The van der Waals surface area contributed by atoms with Crippen LogP contribution in [0.4, 0.5) is 17.6 Å². The van der Waals surface area contributed by atoms with E-state index in [1.165, 1.54) is 37.4 Å². The first-order valence-electron chi connectivity index (χ1n) is 10.3. The molecule has 1 aliphatic carbocycles. The zero-order valence-corrected chi connectivity index (χ0v) is 17.8. The summed E-state index contributed by atoms with van der Waals surface area (Å²) in [4.78, 5) is 12.7. The Morgan fingerprint density at radius 3 is 2.39 bits per heavy atom. The summed E-state index contributed by atoms with van der Waals surface area (Å²) in [5.41, 5.74) is -1.77. The van der Waals surface area contributed by atoms with Crippen LogP contribution in [-0.4, -0.2) is 47.1 Å². The molecule has 1 saturated carbocycles. The molecule has 0 aromatic heterocycles. The third-order valence-electron chi connectivity index (χ3n) is 5.61. The zero-order chi connectivity index (χ0) is 24.2. The van der Waals surface area contributed by atoms with Gasteiger partial charge in [0, 0.05) is 19.9 Å². The summed E-state index contributed by atoms with van der Waals surface area (Å²) in [6.07, 6.45) is -8.81. The number of nitrogens with one attached hydrogen (secondary N) is 1. The minimum atomic E-state index is -4.52. The van der Waals surface area contributed by atoms with E-state index >= 15 is 0 Å². The molecule has 1 unspecified atom stereocenters. The van der Waals surface area contributed by atoms with E-state index in [2.05, 4.69) is 5.32 Å². The van der Waals surface area contributed by atoms with Crippen molar-refractivity contribution < 1.29 is 42.0 Å². The summed E-state index contributed by atoms with van der Waals surface area (Å²) in [5, 5.41) is 23.3. The van der Waals surface area contributed by atoms with Crippen LogP contribution in [0.25, 0.3) is 0 Å². The molecule has 4 atom stereocenters. The molecule has 10 heteroatoms. The lowest BCUT2D eigenvalue weighted by Gasteiger charge is -2.43. The van der Waals surface area contributed by atoms with Gasteiger partial charge in [0.15, 0.2) is 5.60 Å². The van der Waals surface area contributed by atoms with Gasteiger partial charge in [-0.15, -0.1) is 0 Å². The van der Waals surface area contributed by atoms with Crippen molar-refractivity contribution in [1.29, 1.82) is 0 Å². The molecule has 2 aromatic rings. The van der Waals surface area contributed by atoms with Gasteiger partial charge in [-0.1, -0.05) is 24.3 Å². The molecule has 3 rings (SSSR count). The van der Waals surface area contributed by atoms with Crippen LogP contribution in [0.3, 0.4) is 0 Å². The first kappa shape index (κ1) is 25.1. The second-order valence-electron chi connectivity index (χ2n) is 8.01. The molecule has 6 nitrogen and oxygen atoms in total. The maximum Gasteiger partial charge on any atom is 0.416 e. The molecule has 0 bridgehead atoms. The molecular weight excluding hydrogens is 446 g/mol. The van der Waals surface area contributed by atoms with Gasteiger partial charge in [0.25, 0.3) is 5.91 Å². The van der Waals surface area contributed by atoms with E-state index < -0.39 is 47.4 Å². The van der Waals surface area contributed by atoms with E-state index in [0.717, 1.165) is 12.1 Å². The van der Waals surface area contributed by atoms with Gasteiger partial charge in [-0.2, -0.15) is 13.2 Å². The first-order valence-corrected chi connectivity index (χ1v) is 10.3. The van der Waals surface area contributed by atoms with E-state index in [-0.39, 0.29) is 31.6 Å². The number of carbonyl (C=O) groups excluding carboxylic acids is 1. The van der Waals surface area contributed by atoms with Crippen LogP contribution in [0.5, 0.6) is 0 Å². The fourth-order valence-electron chi connectivity index (χ4n) is 3.88. The average Bonchev–Trinajstić information content (AvgIpc) is 2.78. The topological polar surface area (TPSA) is 88.0 Å². The van der Waals surface area contributed by atoms with Crippen LogP contribution >= 0.6 is 0 Å². The smallest absolute Gasteiger partial charge is 0.390 e. The highest BCUT2D eigenvalue weighted by Crippen LogP contribution is 2.36. The molecule has 2 aromatic carbocycles. The van der Waals surface area contributed by atoms with Gasteiger partial charge >= 0.3 is 6.18 Å². The quantitative estimate of drug-likeness (QED) is 0.541. The molecule has 0 spiro atoms. The summed E-state index contributed by atoms with van der Waals surface area (Å²) < 4.78 is 63.9. The number of carbonyl (C=O) groups is 1. The van der Waals surface area contributed by atoms with Crippen LogP contribution in [0.2, 0.25) is 0 Å². The average molecular weight is 471 g/mol. The van der Waals surface area contributed by atoms with Crippen molar-refractivity contribution in [2.45, 2.75) is 56.1 Å². The second-order valence-corrected chi connectivity index (χ2v) is 8.01. The van der Waals surface area contributed by atoms with E-state index in [9.17, 15) is 32.6 Å². The van der Waals surface area contributed by atoms with Gasteiger partial charge in [-0.3, -0.25) is 4.79 Å². The number of likely N-dealkylation sites (N-methyl/N-ethyl adjacent to an activating group) is 1. The molecule has 0 heterocycles. The minimum Gasteiger partial charge on any atom is -0.390 e. The molecule has 33 heavy (non-hydrogen) atoms. The number of aliphatic hydroxyl groups is 2. The molecule has 0 saturated heterocycles. The van der Waals surface area contributed by atoms with Crippen molar-refractivity contribution >= 4 is 5.91 Å². The normalized spacial score (nSPS) is 25.6. The van der Waals surface area contributed by atoms with E-state index in [4.69, 9.17) is 9.47 Å². The Morgan fingerprint density at radius 1 is 1.09 bits per heavy atom. The lowest BCUT2D eigenvalue weighted by atomic mass is 9.78. The number of hydrogen-bond donors (Lipinski definition) is 3.